The molecule has 0 radical (unpaired) electrons. The fourth-order valence-corrected chi connectivity index (χ4v) is 5.04. The van der Waals surface area contributed by atoms with Crippen LogP contribution in [0.3, 0.4) is 0 Å². The summed E-state index contributed by atoms with van der Waals surface area (Å²) in [5.74, 6) is 1.43. The van der Waals surface area contributed by atoms with Gasteiger partial charge in [0, 0.05) is 5.92 Å². The summed E-state index contributed by atoms with van der Waals surface area (Å²) in [5.41, 5.74) is 0. The van der Waals surface area contributed by atoms with Crippen LogP contribution in [-0.2, 0) is 10.0 Å². The molecule has 0 aromatic heterocycles. The van der Waals surface area contributed by atoms with Crippen LogP contribution < -0.4 is 9.64 Å². The largest absolute Gasteiger partial charge is 0.497 e. The van der Waals surface area contributed by atoms with Gasteiger partial charge in [-0.25, -0.2) is 8.42 Å². The SMILES string of the molecule is COc1ccc(S(=O)(=O)N2CC[NH+](C[C@H]3CC=CCC3)CC2)cc1. The zero-order valence-electron chi connectivity index (χ0n) is 14.3. The van der Waals surface area contributed by atoms with Gasteiger partial charge >= 0.3 is 0 Å². The van der Waals surface area contributed by atoms with Crippen molar-refractivity contribution in [1.82, 2.24) is 4.31 Å². The Morgan fingerprint density at radius 1 is 1.17 bits per heavy atom. The molecule has 1 aromatic carbocycles. The summed E-state index contributed by atoms with van der Waals surface area (Å²) in [5, 5.41) is 0. The molecule has 0 spiro atoms. The van der Waals surface area contributed by atoms with Gasteiger partial charge in [0.15, 0.2) is 0 Å². The smallest absolute Gasteiger partial charge is 0.243 e. The van der Waals surface area contributed by atoms with Gasteiger partial charge < -0.3 is 9.64 Å². The van der Waals surface area contributed by atoms with E-state index in [2.05, 4.69) is 12.2 Å². The zero-order valence-corrected chi connectivity index (χ0v) is 15.1. The van der Waals surface area contributed by atoms with Crippen molar-refractivity contribution in [2.45, 2.75) is 24.2 Å². The Balaban J connectivity index is 1.57. The molecule has 3 rings (SSSR count). The highest BCUT2D eigenvalue weighted by Crippen LogP contribution is 2.20. The Kier molecular flexibility index (Phi) is 5.58. The van der Waals surface area contributed by atoms with Crippen LogP contribution in [0.25, 0.3) is 0 Å². The lowest BCUT2D eigenvalue weighted by Gasteiger charge is -2.33. The monoisotopic (exact) mass is 351 g/mol. The number of quaternary nitrogens is 1. The molecule has 0 bridgehead atoms. The van der Waals surface area contributed by atoms with Crippen molar-refractivity contribution in [3.8, 4) is 5.75 Å². The number of nitrogens with zero attached hydrogens (tertiary/aromatic N) is 1. The normalized spacial score (nSPS) is 23.3. The Hall–Kier alpha value is -1.37. The average Bonchev–Trinajstić information content (AvgIpc) is 2.63. The summed E-state index contributed by atoms with van der Waals surface area (Å²) < 4.78 is 32.2. The third kappa shape index (κ3) is 3.99. The minimum Gasteiger partial charge on any atom is -0.497 e. The van der Waals surface area contributed by atoms with Crippen LogP contribution in [0.5, 0.6) is 5.75 Å². The number of nitrogens with one attached hydrogen (secondary N) is 1. The maximum atomic E-state index is 12.8. The molecule has 6 heteroatoms. The van der Waals surface area contributed by atoms with Crippen molar-refractivity contribution in [1.29, 1.82) is 0 Å². The molecule has 24 heavy (non-hydrogen) atoms. The molecular weight excluding hydrogens is 324 g/mol. The molecule has 1 fully saturated rings. The van der Waals surface area contributed by atoms with Crippen molar-refractivity contribution in [2.24, 2.45) is 5.92 Å². The Labute approximate surface area is 145 Å². The van der Waals surface area contributed by atoms with Crippen LogP contribution in [0.2, 0.25) is 0 Å². The first kappa shape index (κ1) is 17.5. The number of hydrogen-bond donors (Lipinski definition) is 1. The molecule has 1 N–H and O–H groups in total. The van der Waals surface area contributed by atoms with Crippen LogP contribution in [0.4, 0.5) is 0 Å². The molecule has 1 heterocycles. The van der Waals surface area contributed by atoms with Crippen LogP contribution >= 0.6 is 0 Å². The number of allylic oxidation sites excluding steroid dienone is 2. The van der Waals surface area contributed by atoms with Gasteiger partial charge in [-0.05, 0) is 43.5 Å². The van der Waals surface area contributed by atoms with Crippen molar-refractivity contribution < 1.29 is 18.1 Å². The Bertz CT molecular complexity index is 662. The molecule has 1 aromatic rings. The second-order valence-corrected chi connectivity index (χ2v) is 8.62. The molecule has 132 valence electrons. The molecule has 5 nitrogen and oxygen atoms in total. The summed E-state index contributed by atoms with van der Waals surface area (Å²) in [6.45, 7) is 4.17. The summed E-state index contributed by atoms with van der Waals surface area (Å²) in [6, 6.07) is 6.65. The maximum absolute atomic E-state index is 12.8. The first-order valence-electron chi connectivity index (χ1n) is 8.72. The third-order valence-electron chi connectivity index (χ3n) is 5.08. The van der Waals surface area contributed by atoms with E-state index in [0.29, 0.717) is 23.7 Å². The van der Waals surface area contributed by atoms with Gasteiger partial charge in [-0.3, -0.25) is 0 Å². The summed E-state index contributed by atoms with van der Waals surface area (Å²) >= 11 is 0. The average molecular weight is 351 g/mol. The molecule has 1 aliphatic heterocycles. The highest BCUT2D eigenvalue weighted by molar-refractivity contribution is 7.89. The molecule has 0 saturated carbocycles. The number of benzene rings is 1. The summed E-state index contributed by atoms with van der Waals surface area (Å²) in [4.78, 5) is 1.89. The van der Waals surface area contributed by atoms with Crippen molar-refractivity contribution >= 4 is 10.0 Å². The molecule has 2 aliphatic rings. The molecule has 0 unspecified atom stereocenters. The van der Waals surface area contributed by atoms with E-state index in [0.717, 1.165) is 19.0 Å². The first-order chi connectivity index (χ1) is 11.6. The number of piperazine rings is 1. The Morgan fingerprint density at radius 3 is 2.46 bits per heavy atom. The first-order valence-corrected chi connectivity index (χ1v) is 10.2. The van der Waals surface area contributed by atoms with E-state index in [1.807, 2.05) is 0 Å². The van der Waals surface area contributed by atoms with Crippen LogP contribution in [-0.4, -0.2) is 52.6 Å². The lowest BCUT2D eigenvalue weighted by Crippen LogP contribution is -3.15. The fraction of sp³-hybridized carbons (Fsp3) is 0.556. The maximum Gasteiger partial charge on any atom is 0.243 e. The van der Waals surface area contributed by atoms with Gasteiger partial charge in [0.1, 0.15) is 5.75 Å². The van der Waals surface area contributed by atoms with Crippen molar-refractivity contribution in [3.63, 3.8) is 0 Å². The van der Waals surface area contributed by atoms with E-state index >= 15 is 0 Å². The van der Waals surface area contributed by atoms with Gasteiger partial charge in [0.05, 0.1) is 44.7 Å². The molecule has 1 aliphatic carbocycles. The number of rotatable bonds is 5. The predicted octanol–water partition coefficient (Wildman–Crippen LogP) is 0.941. The minimum absolute atomic E-state index is 0.351. The highest BCUT2D eigenvalue weighted by atomic mass is 32.2. The van der Waals surface area contributed by atoms with Gasteiger partial charge in [-0.2, -0.15) is 4.31 Å². The number of methoxy groups -OCH3 is 1. The van der Waals surface area contributed by atoms with E-state index in [-0.39, 0.29) is 0 Å². The van der Waals surface area contributed by atoms with E-state index in [9.17, 15) is 8.42 Å². The lowest BCUT2D eigenvalue weighted by molar-refractivity contribution is -0.907. The van der Waals surface area contributed by atoms with Gasteiger partial charge in [0.2, 0.25) is 10.0 Å². The van der Waals surface area contributed by atoms with Gasteiger partial charge in [0.25, 0.3) is 0 Å². The topological polar surface area (TPSA) is 51.1 Å². The zero-order chi connectivity index (χ0) is 17.0. The van der Waals surface area contributed by atoms with Crippen molar-refractivity contribution in [2.75, 3.05) is 39.8 Å². The van der Waals surface area contributed by atoms with Crippen LogP contribution in [0.1, 0.15) is 19.3 Å². The number of sulfonamides is 1. The fourth-order valence-electron chi connectivity index (χ4n) is 3.59. The standard InChI is InChI=1S/C18H26N2O3S/c1-23-17-7-9-18(10-8-17)24(21,22)20-13-11-19(12-14-20)15-16-5-3-2-4-6-16/h2-3,7-10,16H,4-6,11-15H2,1H3/p+1/t16-/m0/s1. The Morgan fingerprint density at radius 2 is 1.88 bits per heavy atom. The molecular formula is C18H27N2O3S+. The number of ether oxygens (including phenoxy) is 1. The lowest BCUT2D eigenvalue weighted by atomic mass is 9.94. The van der Waals surface area contributed by atoms with E-state index in [1.54, 1.807) is 35.7 Å². The third-order valence-corrected chi connectivity index (χ3v) is 6.99. The second-order valence-electron chi connectivity index (χ2n) is 6.68. The summed E-state index contributed by atoms with van der Waals surface area (Å²) in [7, 11) is -1.81. The van der Waals surface area contributed by atoms with Gasteiger partial charge in [-0.1, -0.05) is 12.2 Å². The minimum atomic E-state index is -3.39. The summed E-state index contributed by atoms with van der Waals surface area (Å²) in [6.07, 6.45) is 8.20. The predicted molar refractivity (Wildman–Crippen MR) is 93.8 cm³/mol. The number of hydrogen-bond acceptors (Lipinski definition) is 3. The van der Waals surface area contributed by atoms with Crippen LogP contribution in [0.15, 0.2) is 41.3 Å². The van der Waals surface area contributed by atoms with E-state index in [4.69, 9.17) is 4.74 Å². The van der Waals surface area contributed by atoms with Gasteiger partial charge in [-0.15, -0.1) is 0 Å². The molecule has 0 amide bonds. The van der Waals surface area contributed by atoms with E-state index in [1.165, 1.54) is 30.7 Å². The molecule has 1 saturated heterocycles. The second kappa shape index (κ2) is 7.68. The van der Waals surface area contributed by atoms with E-state index < -0.39 is 10.0 Å². The van der Waals surface area contributed by atoms with Crippen molar-refractivity contribution in [3.05, 3.63) is 36.4 Å². The van der Waals surface area contributed by atoms with Crippen LogP contribution in [0, 0.1) is 5.92 Å². The quantitative estimate of drug-likeness (QED) is 0.804. The molecule has 1 atom stereocenters. The highest BCUT2D eigenvalue weighted by Gasteiger charge is 2.31.